The number of hydrogen-bond donors (Lipinski definition) is 1. The van der Waals surface area contributed by atoms with Gasteiger partial charge in [-0.25, -0.2) is 0 Å². The van der Waals surface area contributed by atoms with Gasteiger partial charge in [-0.15, -0.1) is 0 Å². The summed E-state index contributed by atoms with van der Waals surface area (Å²) in [5, 5.41) is 4.35. The maximum Gasteiger partial charge on any atom is 0.00727 e. The molecule has 1 saturated heterocycles. The largest absolute Gasteiger partial charge is 0.317 e. The number of hydrogen-bond acceptors (Lipinski definition) is 3. The molecule has 0 spiro atoms. The molecule has 3 heteroatoms. The van der Waals surface area contributed by atoms with Gasteiger partial charge >= 0.3 is 0 Å². The number of thioether (sulfide) groups is 1. The lowest BCUT2D eigenvalue weighted by molar-refractivity contribution is 0.305. The van der Waals surface area contributed by atoms with E-state index in [-0.39, 0.29) is 0 Å². The third-order valence-electron chi connectivity index (χ3n) is 4.56. The summed E-state index contributed by atoms with van der Waals surface area (Å²) in [6.45, 7) is 6.18. The van der Waals surface area contributed by atoms with E-state index in [0.717, 1.165) is 5.25 Å². The van der Waals surface area contributed by atoms with Gasteiger partial charge in [-0.2, -0.15) is 11.8 Å². The molecule has 2 nitrogen and oxygen atoms in total. The Kier molecular flexibility index (Phi) is 5.40. The van der Waals surface area contributed by atoms with Crippen molar-refractivity contribution in [1.82, 2.24) is 10.2 Å². The molecule has 0 bridgehead atoms. The van der Waals surface area contributed by atoms with E-state index in [0.29, 0.717) is 0 Å². The van der Waals surface area contributed by atoms with Crippen LogP contribution < -0.4 is 5.32 Å². The van der Waals surface area contributed by atoms with Crippen molar-refractivity contribution in [3.8, 4) is 0 Å². The molecule has 2 heterocycles. The molecule has 2 aliphatic heterocycles. The summed E-state index contributed by atoms with van der Waals surface area (Å²) in [6, 6.07) is 8.98. The van der Waals surface area contributed by atoms with Crippen LogP contribution in [0.3, 0.4) is 0 Å². The Bertz CT molecular complexity index is 388. The van der Waals surface area contributed by atoms with Gasteiger partial charge in [-0.05, 0) is 49.9 Å². The molecule has 1 aromatic rings. The molecule has 1 aromatic carbocycles. The third-order valence-corrected chi connectivity index (χ3v) is 5.92. The standard InChI is InChI=1S/C17H26N2S/c1-2-4-16-8-12-19(11-7-15(16)3-1)13-14-20-17-5-9-18-10-6-17/h1-4,17-18H,5-14H2. The summed E-state index contributed by atoms with van der Waals surface area (Å²) in [6.07, 6.45) is 5.18. The van der Waals surface area contributed by atoms with Gasteiger partial charge < -0.3 is 10.2 Å². The predicted molar refractivity (Wildman–Crippen MR) is 88.6 cm³/mol. The fourth-order valence-corrected chi connectivity index (χ4v) is 4.51. The summed E-state index contributed by atoms with van der Waals surface area (Å²) in [5.41, 5.74) is 3.14. The molecular weight excluding hydrogens is 264 g/mol. The number of piperidine rings is 1. The highest BCUT2D eigenvalue weighted by atomic mass is 32.2. The van der Waals surface area contributed by atoms with E-state index in [1.165, 1.54) is 64.2 Å². The molecule has 1 N–H and O–H groups in total. The van der Waals surface area contributed by atoms with Gasteiger partial charge in [0.25, 0.3) is 0 Å². The smallest absolute Gasteiger partial charge is 0.00727 e. The minimum absolute atomic E-state index is 0.903. The Morgan fingerprint density at radius 3 is 2.35 bits per heavy atom. The molecule has 0 aliphatic carbocycles. The lowest BCUT2D eigenvalue weighted by atomic mass is 10.0. The van der Waals surface area contributed by atoms with Crippen LogP contribution in [-0.4, -0.2) is 48.6 Å². The molecule has 110 valence electrons. The average molecular weight is 290 g/mol. The molecular formula is C17H26N2S. The first kappa shape index (κ1) is 14.4. The Labute approximate surface area is 127 Å². The van der Waals surface area contributed by atoms with Gasteiger partial charge in [-0.3, -0.25) is 0 Å². The van der Waals surface area contributed by atoms with Crippen LogP contribution in [0.1, 0.15) is 24.0 Å². The van der Waals surface area contributed by atoms with Crippen LogP contribution in [0.2, 0.25) is 0 Å². The SMILES string of the molecule is c1ccc2c(c1)CCN(CCSC1CCNCC1)CC2. The van der Waals surface area contributed by atoms with Crippen LogP contribution in [0, 0.1) is 0 Å². The Morgan fingerprint density at radius 1 is 1.05 bits per heavy atom. The van der Waals surface area contributed by atoms with Crippen molar-refractivity contribution in [1.29, 1.82) is 0 Å². The van der Waals surface area contributed by atoms with Gasteiger partial charge in [-0.1, -0.05) is 24.3 Å². The Balaban J connectivity index is 1.41. The number of nitrogens with zero attached hydrogens (tertiary/aromatic N) is 1. The highest BCUT2D eigenvalue weighted by Gasteiger charge is 2.16. The van der Waals surface area contributed by atoms with Crippen LogP contribution in [0.15, 0.2) is 24.3 Å². The van der Waals surface area contributed by atoms with Crippen LogP contribution in [0.5, 0.6) is 0 Å². The maximum absolute atomic E-state index is 3.45. The third kappa shape index (κ3) is 4.00. The van der Waals surface area contributed by atoms with Crippen LogP contribution in [0.25, 0.3) is 0 Å². The maximum atomic E-state index is 3.45. The molecule has 0 aromatic heterocycles. The highest BCUT2D eigenvalue weighted by molar-refractivity contribution is 7.99. The van der Waals surface area contributed by atoms with E-state index in [1.807, 2.05) is 0 Å². The van der Waals surface area contributed by atoms with Gasteiger partial charge in [0, 0.05) is 30.6 Å². The zero-order chi connectivity index (χ0) is 13.6. The molecule has 3 rings (SSSR count). The van der Waals surface area contributed by atoms with E-state index in [9.17, 15) is 0 Å². The van der Waals surface area contributed by atoms with E-state index in [4.69, 9.17) is 0 Å². The van der Waals surface area contributed by atoms with Crippen LogP contribution in [-0.2, 0) is 12.8 Å². The zero-order valence-corrected chi connectivity index (χ0v) is 13.1. The number of rotatable bonds is 4. The first-order valence-electron chi connectivity index (χ1n) is 8.03. The summed E-state index contributed by atoms with van der Waals surface area (Å²) in [5.74, 6) is 1.31. The van der Waals surface area contributed by atoms with Gasteiger partial charge in [0.2, 0.25) is 0 Å². The van der Waals surface area contributed by atoms with Crippen molar-refractivity contribution in [2.75, 3.05) is 38.5 Å². The minimum Gasteiger partial charge on any atom is -0.317 e. The summed E-state index contributed by atoms with van der Waals surface area (Å²) in [7, 11) is 0. The lowest BCUT2D eigenvalue weighted by Gasteiger charge is -2.24. The lowest BCUT2D eigenvalue weighted by Crippen LogP contribution is -2.31. The fraction of sp³-hybridized carbons (Fsp3) is 0.647. The van der Waals surface area contributed by atoms with Crippen LogP contribution >= 0.6 is 11.8 Å². The monoisotopic (exact) mass is 290 g/mol. The van der Waals surface area contributed by atoms with Gasteiger partial charge in [0.1, 0.15) is 0 Å². The molecule has 0 radical (unpaired) electrons. The van der Waals surface area contributed by atoms with E-state index in [1.54, 1.807) is 11.1 Å². The second-order valence-electron chi connectivity index (χ2n) is 5.93. The molecule has 0 saturated carbocycles. The fourth-order valence-electron chi connectivity index (χ4n) is 3.25. The minimum atomic E-state index is 0.903. The normalized spacial score (nSPS) is 21.4. The van der Waals surface area contributed by atoms with Crippen molar-refractivity contribution < 1.29 is 0 Å². The van der Waals surface area contributed by atoms with Crippen molar-refractivity contribution in [3.05, 3.63) is 35.4 Å². The van der Waals surface area contributed by atoms with Crippen molar-refractivity contribution in [2.24, 2.45) is 0 Å². The predicted octanol–water partition coefficient (Wildman–Crippen LogP) is 2.57. The van der Waals surface area contributed by atoms with Crippen molar-refractivity contribution in [2.45, 2.75) is 30.9 Å². The highest BCUT2D eigenvalue weighted by Crippen LogP contribution is 2.21. The number of benzene rings is 1. The Hall–Kier alpha value is -0.510. The molecule has 20 heavy (non-hydrogen) atoms. The molecule has 1 fully saturated rings. The van der Waals surface area contributed by atoms with E-state index in [2.05, 4.69) is 46.2 Å². The van der Waals surface area contributed by atoms with Gasteiger partial charge in [0.15, 0.2) is 0 Å². The molecule has 0 amide bonds. The molecule has 0 atom stereocenters. The summed E-state index contributed by atoms with van der Waals surface area (Å²) < 4.78 is 0. The van der Waals surface area contributed by atoms with E-state index < -0.39 is 0 Å². The number of fused-ring (bicyclic) bond motifs is 1. The average Bonchev–Trinajstić information content (AvgIpc) is 2.71. The van der Waals surface area contributed by atoms with Crippen molar-refractivity contribution >= 4 is 11.8 Å². The first-order chi connectivity index (χ1) is 9.92. The van der Waals surface area contributed by atoms with E-state index >= 15 is 0 Å². The second-order valence-corrected chi connectivity index (χ2v) is 7.34. The molecule has 2 aliphatic rings. The Morgan fingerprint density at radius 2 is 1.70 bits per heavy atom. The first-order valence-corrected chi connectivity index (χ1v) is 9.08. The van der Waals surface area contributed by atoms with Gasteiger partial charge in [0.05, 0.1) is 0 Å². The molecule has 0 unspecified atom stereocenters. The second kappa shape index (κ2) is 7.48. The van der Waals surface area contributed by atoms with Crippen molar-refractivity contribution in [3.63, 3.8) is 0 Å². The topological polar surface area (TPSA) is 15.3 Å². The van der Waals surface area contributed by atoms with Crippen LogP contribution in [0.4, 0.5) is 0 Å². The summed E-state index contributed by atoms with van der Waals surface area (Å²) in [4.78, 5) is 2.66. The quantitative estimate of drug-likeness (QED) is 0.917. The summed E-state index contributed by atoms with van der Waals surface area (Å²) >= 11 is 2.20. The number of nitrogens with one attached hydrogen (secondary N) is 1. The zero-order valence-electron chi connectivity index (χ0n) is 12.3.